The highest BCUT2D eigenvalue weighted by atomic mass is 16.5. The van der Waals surface area contributed by atoms with Crippen molar-refractivity contribution >= 4 is 5.97 Å². The fraction of sp³-hybridized carbons (Fsp3) is 0.500. The molecule has 0 aliphatic heterocycles. The van der Waals surface area contributed by atoms with Gasteiger partial charge in [0.05, 0.1) is 13.0 Å². The number of aromatic amines is 1. The summed E-state index contributed by atoms with van der Waals surface area (Å²) < 4.78 is 4.70. The second kappa shape index (κ2) is 4.28. The number of nitrogens with two attached hydrogens (primary N) is 1. The molecule has 0 spiro atoms. The van der Waals surface area contributed by atoms with Gasteiger partial charge in [-0.15, -0.1) is 0 Å². The Balaban J connectivity index is 3.06. The van der Waals surface area contributed by atoms with Gasteiger partial charge in [0, 0.05) is 18.4 Å². The van der Waals surface area contributed by atoms with Gasteiger partial charge in [-0.1, -0.05) is 0 Å². The lowest BCUT2D eigenvalue weighted by atomic mass is 9.96. The second-order valence-corrected chi connectivity index (χ2v) is 3.32. The van der Waals surface area contributed by atoms with E-state index in [-0.39, 0.29) is 18.4 Å². The van der Waals surface area contributed by atoms with E-state index in [1.807, 2.05) is 20.0 Å². The molecule has 1 atom stereocenters. The van der Waals surface area contributed by atoms with E-state index >= 15 is 0 Å². The van der Waals surface area contributed by atoms with Crippen molar-refractivity contribution in [2.24, 2.45) is 5.73 Å². The summed E-state index contributed by atoms with van der Waals surface area (Å²) in [6.45, 7) is 4.14. The summed E-state index contributed by atoms with van der Waals surface area (Å²) in [5.74, 6) is -0.635. The zero-order valence-corrected chi connectivity index (χ0v) is 8.76. The molecule has 1 heterocycles. The molecule has 3 N–H and O–H groups in total. The number of ether oxygens (including phenoxy) is 1. The molecular formula is C10H16N2O2. The third-order valence-corrected chi connectivity index (χ3v) is 2.40. The number of esters is 1. The summed E-state index contributed by atoms with van der Waals surface area (Å²) in [7, 11) is 1.38. The number of rotatable bonds is 3. The Morgan fingerprint density at radius 3 is 2.64 bits per heavy atom. The molecule has 0 aliphatic rings. The highest BCUT2D eigenvalue weighted by Gasteiger charge is 2.23. The molecule has 0 aromatic carbocycles. The number of methoxy groups -OCH3 is 1. The summed E-state index contributed by atoms with van der Waals surface area (Å²) in [5, 5.41) is 0. The standard InChI is InChI=1S/C10H16N2O2/c1-6-5-12-7(2)9(6)8(4-11)10(13)14-3/h5,8,12H,4,11H2,1-3H3. The van der Waals surface area contributed by atoms with Crippen LogP contribution in [0.2, 0.25) is 0 Å². The second-order valence-electron chi connectivity index (χ2n) is 3.32. The van der Waals surface area contributed by atoms with E-state index in [0.717, 1.165) is 16.8 Å². The first-order valence-corrected chi connectivity index (χ1v) is 4.54. The molecule has 14 heavy (non-hydrogen) atoms. The molecule has 0 fully saturated rings. The molecule has 0 saturated heterocycles. The first-order valence-electron chi connectivity index (χ1n) is 4.54. The summed E-state index contributed by atoms with van der Waals surface area (Å²) in [6.07, 6.45) is 1.87. The minimum atomic E-state index is -0.355. The average Bonchev–Trinajstić information content (AvgIpc) is 2.50. The Labute approximate surface area is 83.4 Å². The molecule has 1 unspecified atom stereocenters. The largest absolute Gasteiger partial charge is 0.469 e. The van der Waals surface area contributed by atoms with Crippen molar-refractivity contribution in [3.63, 3.8) is 0 Å². The van der Waals surface area contributed by atoms with E-state index in [1.54, 1.807) is 0 Å². The summed E-state index contributed by atoms with van der Waals surface area (Å²) in [6, 6.07) is 0. The van der Waals surface area contributed by atoms with Crippen molar-refractivity contribution in [3.8, 4) is 0 Å². The molecule has 0 radical (unpaired) electrons. The predicted octanol–water partition coefficient (Wildman–Crippen LogP) is 0.847. The minimum Gasteiger partial charge on any atom is -0.469 e. The lowest BCUT2D eigenvalue weighted by Crippen LogP contribution is -2.23. The van der Waals surface area contributed by atoms with Gasteiger partial charge in [0.2, 0.25) is 0 Å². The molecule has 0 bridgehead atoms. The number of aromatic nitrogens is 1. The molecule has 0 amide bonds. The highest BCUT2D eigenvalue weighted by molar-refractivity contribution is 5.79. The van der Waals surface area contributed by atoms with Crippen LogP contribution in [0.25, 0.3) is 0 Å². The molecule has 78 valence electrons. The maximum atomic E-state index is 11.4. The fourth-order valence-corrected chi connectivity index (χ4v) is 1.68. The van der Waals surface area contributed by atoms with Crippen molar-refractivity contribution in [2.45, 2.75) is 19.8 Å². The maximum Gasteiger partial charge on any atom is 0.314 e. The lowest BCUT2D eigenvalue weighted by molar-refractivity contribution is -0.142. The average molecular weight is 196 g/mol. The normalized spacial score (nSPS) is 12.6. The SMILES string of the molecule is COC(=O)C(CN)c1c(C)c[nH]c1C. The summed E-state index contributed by atoms with van der Waals surface area (Å²) >= 11 is 0. The van der Waals surface area contributed by atoms with Gasteiger partial charge in [0.25, 0.3) is 0 Å². The molecule has 1 rings (SSSR count). The van der Waals surface area contributed by atoms with Crippen LogP contribution >= 0.6 is 0 Å². The first-order chi connectivity index (χ1) is 6.61. The van der Waals surface area contributed by atoms with Crippen LogP contribution in [0.5, 0.6) is 0 Å². The molecule has 0 saturated carbocycles. The molecule has 1 aromatic heterocycles. The number of nitrogens with one attached hydrogen (secondary N) is 1. The van der Waals surface area contributed by atoms with Gasteiger partial charge in [-0.05, 0) is 25.0 Å². The number of H-pyrrole nitrogens is 1. The van der Waals surface area contributed by atoms with E-state index < -0.39 is 0 Å². The van der Waals surface area contributed by atoms with E-state index in [2.05, 4.69) is 4.98 Å². The zero-order valence-electron chi connectivity index (χ0n) is 8.76. The number of carbonyl (C=O) groups is 1. The molecule has 0 aliphatic carbocycles. The number of hydrogen-bond acceptors (Lipinski definition) is 3. The van der Waals surface area contributed by atoms with E-state index in [4.69, 9.17) is 10.5 Å². The molecule has 4 nitrogen and oxygen atoms in total. The smallest absolute Gasteiger partial charge is 0.314 e. The van der Waals surface area contributed by atoms with Gasteiger partial charge in [0.1, 0.15) is 0 Å². The van der Waals surface area contributed by atoms with Gasteiger partial charge in [-0.2, -0.15) is 0 Å². The molecule has 1 aromatic rings. The fourth-order valence-electron chi connectivity index (χ4n) is 1.68. The molecular weight excluding hydrogens is 180 g/mol. The Morgan fingerprint density at radius 2 is 2.29 bits per heavy atom. The lowest BCUT2D eigenvalue weighted by Gasteiger charge is -2.13. The minimum absolute atomic E-state index is 0.270. The van der Waals surface area contributed by atoms with Crippen LogP contribution in [0.1, 0.15) is 22.7 Å². The Kier molecular flexibility index (Phi) is 3.30. The van der Waals surface area contributed by atoms with Gasteiger partial charge < -0.3 is 15.5 Å². The number of carbonyl (C=O) groups excluding carboxylic acids is 1. The van der Waals surface area contributed by atoms with Gasteiger partial charge in [-0.3, -0.25) is 4.79 Å². The van der Waals surface area contributed by atoms with Crippen LogP contribution in [0.3, 0.4) is 0 Å². The number of hydrogen-bond donors (Lipinski definition) is 2. The quantitative estimate of drug-likeness (QED) is 0.704. The van der Waals surface area contributed by atoms with Crippen molar-refractivity contribution in [3.05, 3.63) is 23.0 Å². The van der Waals surface area contributed by atoms with Crippen LogP contribution in [-0.2, 0) is 9.53 Å². The van der Waals surface area contributed by atoms with Crippen LogP contribution in [-0.4, -0.2) is 24.6 Å². The van der Waals surface area contributed by atoms with Gasteiger partial charge in [-0.25, -0.2) is 0 Å². The first kappa shape index (κ1) is 10.8. The Hall–Kier alpha value is -1.29. The van der Waals surface area contributed by atoms with E-state index in [9.17, 15) is 4.79 Å². The van der Waals surface area contributed by atoms with Gasteiger partial charge in [0.15, 0.2) is 0 Å². The van der Waals surface area contributed by atoms with Crippen LogP contribution in [0.4, 0.5) is 0 Å². The topological polar surface area (TPSA) is 68.1 Å². The van der Waals surface area contributed by atoms with Crippen LogP contribution in [0.15, 0.2) is 6.20 Å². The van der Waals surface area contributed by atoms with E-state index in [1.165, 1.54) is 7.11 Å². The Bertz CT molecular complexity index is 311. The van der Waals surface area contributed by atoms with Crippen molar-refractivity contribution in [1.29, 1.82) is 0 Å². The third kappa shape index (κ3) is 1.80. The monoisotopic (exact) mass is 196 g/mol. The summed E-state index contributed by atoms with van der Waals surface area (Å²) in [5.41, 5.74) is 8.54. The van der Waals surface area contributed by atoms with Gasteiger partial charge >= 0.3 is 5.97 Å². The van der Waals surface area contributed by atoms with Crippen LogP contribution in [0, 0.1) is 13.8 Å². The van der Waals surface area contributed by atoms with E-state index in [0.29, 0.717) is 0 Å². The van der Waals surface area contributed by atoms with Crippen molar-refractivity contribution < 1.29 is 9.53 Å². The number of aryl methyl sites for hydroxylation is 2. The zero-order chi connectivity index (χ0) is 10.7. The molecule has 4 heteroatoms. The van der Waals surface area contributed by atoms with Crippen molar-refractivity contribution in [2.75, 3.05) is 13.7 Å². The van der Waals surface area contributed by atoms with Crippen LogP contribution < -0.4 is 5.73 Å². The van der Waals surface area contributed by atoms with Crippen molar-refractivity contribution in [1.82, 2.24) is 4.98 Å². The predicted molar refractivity (Wildman–Crippen MR) is 54.1 cm³/mol. The third-order valence-electron chi connectivity index (χ3n) is 2.40. The summed E-state index contributed by atoms with van der Waals surface area (Å²) in [4.78, 5) is 14.5. The Morgan fingerprint density at radius 1 is 1.64 bits per heavy atom. The maximum absolute atomic E-state index is 11.4. The highest BCUT2D eigenvalue weighted by Crippen LogP contribution is 2.23.